The number of thiophene rings is 1. The minimum Gasteiger partial charge on any atom is -0.393 e. The minimum atomic E-state index is -0.426. The lowest BCUT2D eigenvalue weighted by molar-refractivity contribution is 0.0896. The normalized spacial score (nSPS) is 12.7. The van der Waals surface area contributed by atoms with Gasteiger partial charge in [-0.2, -0.15) is 0 Å². The Balaban J connectivity index is 2.14. The zero-order valence-corrected chi connectivity index (χ0v) is 15.0. The highest BCUT2D eigenvalue weighted by molar-refractivity contribution is 7.12. The van der Waals surface area contributed by atoms with Crippen LogP contribution in [0.25, 0.3) is 0 Å². The number of aliphatic hydroxyl groups is 1. The van der Waals surface area contributed by atoms with Crippen molar-refractivity contribution in [2.45, 2.75) is 33.3 Å². The highest BCUT2D eigenvalue weighted by Gasteiger charge is 2.23. The molecule has 128 valence electrons. The summed E-state index contributed by atoms with van der Waals surface area (Å²) in [6.07, 6.45) is 0.160. The van der Waals surface area contributed by atoms with Crippen LogP contribution in [0.2, 0.25) is 0 Å². The van der Waals surface area contributed by atoms with E-state index < -0.39 is 6.10 Å². The summed E-state index contributed by atoms with van der Waals surface area (Å²) in [5.74, 6) is -0.409. The fraction of sp³-hybridized carbons (Fsp3) is 0.368. The first kappa shape index (κ1) is 18.4. The van der Waals surface area contributed by atoms with E-state index in [0.717, 1.165) is 0 Å². The molecule has 1 heterocycles. The molecule has 2 rings (SSSR count). The van der Waals surface area contributed by atoms with Crippen LogP contribution in [0.5, 0.6) is 0 Å². The summed E-state index contributed by atoms with van der Waals surface area (Å²) in [4.78, 5) is 25.7. The molecule has 24 heavy (non-hydrogen) atoms. The van der Waals surface area contributed by atoms with Crippen LogP contribution in [0, 0.1) is 5.41 Å². The number of aliphatic hydroxyl groups excluding tert-OH is 1. The zero-order valence-electron chi connectivity index (χ0n) is 14.2. The smallest absolute Gasteiger partial charge is 0.252 e. The van der Waals surface area contributed by atoms with Crippen LogP contribution in [0.15, 0.2) is 41.8 Å². The van der Waals surface area contributed by atoms with Crippen molar-refractivity contribution in [1.82, 2.24) is 5.32 Å². The molecule has 1 aromatic carbocycles. The maximum Gasteiger partial charge on any atom is 0.252 e. The van der Waals surface area contributed by atoms with E-state index in [0.29, 0.717) is 29.0 Å². The van der Waals surface area contributed by atoms with Crippen molar-refractivity contribution < 1.29 is 14.7 Å². The average molecular weight is 345 g/mol. The van der Waals surface area contributed by atoms with E-state index in [2.05, 4.69) is 5.32 Å². The molecule has 0 fully saturated rings. The summed E-state index contributed by atoms with van der Waals surface area (Å²) in [6, 6.07) is 10.4. The van der Waals surface area contributed by atoms with Gasteiger partial charge in [0.05, 0.1) is 16.5 Å². The fourth-order valence-corrected chi connectivity index (χ4v) is 3.38. The molecule has 0 aliphatic rings. The van der Waals surface area contributed by atoms with Crippen molar-refractivity contribution in [3.8, 4) is 0 Å². The quantitative estimate of drug-likeness (QED) is 0.755. The van der Waals surface area contributed by atoms with E-state index in [4.69, 9.17) is 0 Å². The Bertz CT molecular complexity index is 705. The average Bonchev–Trinajstić information content (AvgIpc) is 3.05. The Morgan fingerprint density at radius 2 is 1.83 bits per heavy atom. The largest absolute Gasteiger partial charge is 0.393 e. The van der Waals surface area contributed by atoms with Gasteiger partial charge in [-0.05, 0) is 36.3 Å². The van der Waals surface area contributed by atoms with Gasteiger partial charge in [-0.25, -0.2) is 0 Å². The summed E-state index contributed by atoms with van der Waals surface area (Å²) >= 11 is 1.36. The van der Waals surface area contributed by atoms with Crippen LogP contribution in [0.3, 0.4) is 0 Å². The third-order valence-corrected chi connectivity index (χ3v) is 4.61. The lowest BCUT2D eigenvalue weighted by Crippen LogP contribution is -2.36. The SMILES string of the molecule is CC(O)CC(C)(C)CNC(=O)c1ccccc1C(=O)c1cccs1. The van der Waals surface area contributed by atoms with Gasteiger partial charge in [0.2, 0.25) is 5.78 Å². The van der Waals surface area contributed by atoms with Gasteiger partial charge in [-0.3, -0.25) is 9.59 Å². The fourth-order valence-electron chi connectivity index (χ4n) is 2.71. The summed E-state index contributed by atoms with van der Waals surface area (Å²) in [5.41, 5.74) is 0.561. The van der Waals surface area contributed by atoms with E-state index in [1.165, 1.54) is 11.3 Å². The highest BCUT2D eigenvalue weighted by atomic mass is 32.1. The molecule has 0 aliphatic heterocycles. The molecule has 0 spiro atoms. The lowest BCUT2D eigenvalue weighted by Gasteiger charge is -2.26. The van der Waals surface area contributed by atoms with Gasteiger partial charge in [0.25, 0.3) is 5.91 Å². The first-order chi connectivity index (χ1) is 11.3. The Hall–Kier alpha value is -1.98. The Kier molecular flexibility index (Phi) is 5.91. The summed E-state index contributed by atoms with van der Waals surface area (Å²) in [7, 11) is 0. The molecule has 1 unspecified atom stereocenters. The van der Waals surface area contributed by atoms with Gasteiger partial charge in [0, 0.05) is 12.1 Å². The third-order valence-electron chi connectivity index (χ3n) is 3.74. The predicted molar refractivity (Wildman–Crippen MR) is 96.6 cm³/mol. The molecule has 0 radical (unpaired) electrons. The second kappa shape index (κ2) is 7.73. The number of ketones is 1. The molecule has 5 heteroatoms. The van der Waals surface area contributed by atoms with E-state index in [-0.39, 0.29) is 17.1 Å². The topological polar surface area (TPSA) is 66.4 Å². The number of carbonyl (C=O) groups is 2. The Labute approximate surface area is 146 Å². The monoisotopic (exact) mass is 345 g/mol. The highest BCUT2D eigenvalue weighted by Crippen LogP contribution is 2.22. The zero-order chi connectivity index (χ0) is 17.7. The van der Waals surface area contributed by atoms with Crippen LogP contribution >= 0.6 is 11.3 Å². The number of hydrogen-bond donors (Lipinski definition) is 2. The maximum absolute atomic E-state index is 12.6. The molecular formula is C19H23NO3S. The number of benzene rings is 1. The van der Waals surface area contributed by atoms with Crippen molar-refractivity contribution in [2.75, 3.05) is 6.54 Å². The van der Waals surface area contributed by atoms with Gasteiger partial charge in [-0.15, -0.1) is 11.3 Å². The van der Waals surface area contributed by atoms with Crippen LogP contribution in [0.4, 0.5) is 0 Å². The molecule has 0 bridgehead atoms. The summed E-state index contributed by atoms with van der Waals surface area (Å²) < 4.78 is 0. The van der Waals surface area contributed by atoms with E-state index in [1.54, 1.807) is 37.3 Å². The van der Waals surface area contributed by atoms with Crippen molar-refractivity contribution >= 4 is 23.0 Å². The molecule has 0 saturated carbocycles. The standard InChI is InChI=1S/C19H23NO3S/c1-13(21)11-19(2,3)12-20-18(23)15-8-5-4-7-14(15)17(22)16-9-6-10-24-16/h4-10,13,21H,11-12H2,1-3H3,(H,20,23). The summed E-state index contributed by atoms with van der Waals surface area (Å²) in [6.45, 7) is 6.14. The molecule has 1 atom stereocenters. The predicted octanol–water partition coefficient (Wildman–Crippen LogP) is 3.51. The number of carbonyl (C=O) groups excluding carboxylic acids is 2. The van der Waals surface area contributed by atoms with Crippen molar-refractivity contribution in [3.63, 3.8) is 0 Å². The van der Waals surface area contributed by atoms with Crippen LogP contribution < -0.4 is 5.32 Å². The van der Waals surface area contributed by atoms with Gasteiger partial charge < -0.3 is 10.4 Å². The Morgan fingerprint density at radius 3 is 2.42 bits per heavy atom. The van der Waals surface area contributed by atoms with Gasteiger partial charge in [0.1, 0.15) is 0 Å². The van der Waals surface area contributed by atoms with Crippen molar-refractivity contribution in [1.29, 1.82) is 0 Å². The number of hydrogen-bond acceptors (Lipinski definition) is 4. The Morgan fingerprint density at radius 1 is 1.17 bits per heavy atom. The van der Waals surface area contributed by atoms with Crippen molar-refractivity contribution in [2.24, 2.45) is 5.41 Å². The lowest BCUT2D eigenvalue weighted by atomic mass is 9.87. The molecule has 1 amide bonds. The minimum absolute atomic E-state index is 0.140. The van der Waals surface area contributed by atoms with Gasteiger partial charge in [-0.1, -0.05) is 38.1 Å². The van der Waals surface area contributed by atoms with Crippen LogP contribution in [-0.2, 0) is 0 Å². The van der Waals surface area contributed by atoms with Crippen LogP contribution in [0.1, 0.15) is 52.8 Å². The summed E-state index contributed by atoms with van der Waals surface area (Å²) in [5, 5.41) is 14.3. The second-order valence-corrected chi connectivity index (χ2v) is 7.70. The number of rotatable bonds is 7. The van der Waals surface area contributed by atoms with Crippen molar-refractivity contribution in [3.05, 3.63) is 57.8 Å². The molecule has 2 N–H and O–H groups in total. The first-order valence-electron chi connectivity index (χ1n) is 7.94. The second-order valence-electron chi connectivity index (χ2n) is 6.75. The van der Waals surface area contributed by atoms with Gasteiger partial charge in [0.15, 0.2) is 0 Å². The van der Waals surface area contributed by atoms with Crippen LogP contribution in [-0.4, -0.2) is 29.4 Å². The van der Waals surface area contributed by atoms with E-state index in [9.17, 15) is 14.7 Å². The number of nitrogens with one attached hydrogen (secondary N) is 1. The molecule has 0 saturated heterocycles. The van der Waals surface area contributed by atoms with E-state index in [1.807, 2.05) is 25.3 Å². The molecular weight excluding hydrogens is 322 g/mol. The number of amides is 1. The maximum atomic E-state index is 12.6. The first-order valence-corrected chi connectivity index (χ1v) is 8.81. The molecule has 2 aromatic rings. The molecule has 0 aliphatic carbocycles. The molecule has 4 nitrogen and oxygen atoms in total. The molecule has 1 aromatic heterocycles. The van der Waals surface area contributed by atoms with E-state index >= 15 is 0 Å². The van der Waals surface area contributed by atoms with Gasteiger partial charge >= 0.3 is 0 Å². The third kappa shape index (κ3) is 4.76.